The van der Waals surface area contributed by atoms with Crippen molar-refractivity contribution in [3.8, 4) is 0 Å². The lowest BCUT2D eigenvalue weighted by atomic mass is 10.0. The lowest BCUT2D eigenvalue weighted by molar-refractivity contribution is -0.139. The molecular weight excluding hydrogens is 661 g/mol. The fraction of sp³-hybridized carbons (Fsp3) is 0.161. The van der Waals surface area contributed by atoms with E-state index in [1.165, 1.54) is 36.2 Å². The number of likely N-dealkylation sites (N-methyl/N-ethyl adjacent to an activating group) is 1. The Morgan fingerprint density at radius 3 is 2.07 bits per heavy atom. The number of hydrogen-bond acceptors (Lipinski definition) is 4. The number of halogens is 3. The molecule has 0 saturated carbocycles. The molecule has 1 unspecified atom stereocenters. The summed E-state index contributed by atoms with van der Waals surface area (Å²) < 4.78 is 29.7. The van der Waals surface area contributed by atoms with E-state index in [9.17, 15) is 18.0 Å². The van der Waals surface area contributed by atoms with E-state index in [1.54, 1.807) is 24.3 Å². The van der Waals surface area contributed by atoms with Crippen molar-refractivity contribution < 1.29 is 18.0 Å². The van der Waals surface area contributed by atoms with Gasteiger partial charge in [0, 0.05) is 24.5 Å². The van der Waals surface area contributed by atoms with Crippen LogP contribution < -0.4 is 9.62 Å². The Hall–Kier alpha value is -3.37. The van der Waals surface area contributed by atoms with E-state index in [2.05, 4.69) is 21.2 Å². The van der Waals surface area contributed by atoms with Crippen LogP contribution in [-0.4, -0.2) is 44.8 Å². The van der Waals surface area contributed by atoms with Crippen molar-refractivity contribution in [1.82, 2.24) is 10.2 Å². The van der Waals surface area contributed by atoms with Gasteiger partial charge in [-0.15, -0.1) is 0 Å². The summed E-state index contributed by atoms with van der Waals surface area (Å²) in [5, 5.41) is 2.78. The van der Waals surface area contributed by atoms with Gasteiger partial charge in [0.25, 0.3) is 10.0 Å². The molecule has 218 valence electrons. The van der Waals surface area contributed by atoms with Crippen LogP contribution in [0, 0.1) is 0 Å². The van der Waals surface area contributed by atoms with E-state index in [4.69, 9.17) is 23.2 Å². The Morgan fingerprint density at radius 2 is 1.45 bits per heavy atom. The van der Waals surface area contributed by atoms with E-state index >= 15 is 0 Å². The SMILES string of the molecule is CNC(=O)C(Cc1ccccc1)N(Cc1ccc(Br)cc1)C(=O)CN(c1cccc(Cl)c1Cl)S(=O)(=O)c1ccccc1. The van der Waals surface area contributed by atoms with Gasteiger partial charge in [0.05, 0.1) is 20.6 Å². The first-order chi connectivity index (χ1) is 20.1. The molecule has 7 nitrogen and oxygen atoms in total. The first kappa shape index (κ1) is 31.6. The Kier molecular flexibility index (Phi) is 10.7. The van der Waals surface area contributed by atoms with Crippen LogP contribution in [-0.2, 0) is 32.6 Å². The Balaban J connectivity index is 1.81. The molecule has 11 heteroatoms. The third-order valence-electron chi connectivity index (χ3n) is 6.59. The number of sulfonamides is 1. The predicted octanol–water partition coefficient (Wildman–Crippen LogP) is 6.34. The second-order valence-electron chi connectivity index (χ2n) is 9.37. The van der Waals surface area contributed by atoms with Crippen LogP contribution in [0.4, 0.5) is 5.69 Å². The molecule has 2 amide bonds. The molecule has 42 heavy (non-hydrogen) atoms. The standard InChI is InChI=1S/C31H28BrCl2N3O4S/c1-35-31(39)28(19-22-9-4-2-5-10-22)36(20-23-15-17-24(32)18-16-23)29(38)21-37(27-14-8-13-26(33)30(27)34)42(40,41)25-11-6-3-7-12-25/h2-18,28H,19-21H2,1H3,(H,35,39). The lowest BCUT2D eigenvalue weighted by Crippen LogP contribution is -2.53. The Bertz CT molecular complexity index is 1640. The summed E-state index contributed by atoms with van der Waals surface area (Å²) in [6.45, 7) is -0.574. The largest absolute Gasteiger partial charge is 0.357 e. The number of carbonyl (C=O) groups excluding carboxylic acids is 2. The Labute approximate surface area is 264 Å². The fourth-order valence-corrected chi connectivity index (χ4v) is 6.58. The van der Waals surface area contributed by atoms with E-state index in [0.29, 0.717) is 0 Å². The smallest absolute Gasteiger partial charge is 0.264 e. The van der Waals surface area contributed by atoms with E-state index in [-0.39, 0.29) is 39.5 Å². The summed E-state index contributed by atoms with van der Waals surface area (Å²) in [7, 11) is -2.77. The normalized spacial score (nSPS) is 11.9. The van der Waals surface area contributed by atoms with Gasteiger partial charge in [-0.25, -0.2) is 8.42 Å². The Morgan fingerprint density at radius 1 is 0.833 bits per heavy atom. The molecular formula is C31H28BrCl2N3O4S. The molecule has 0 aromatic heterocycles. The molecule has 0 aliphatic heterocycles. The number of carbonyl (C=O) groups is 2. The van der Waals surface area contributed by atoms with Gasteiger partial charge in [0.15, 0.2) is 0 Å². The van der Waals surface area contributed by atoms with E-state index in [0.717, 1.165) is 19.9 Å². The number of rotatable bonds is 11. The third-order valence-corrected chi connectivity index (χ3v) is 9.71. The summed E-state index contributed by atoms with van der Waals surface area (Å²) in [4.78, 5) is 29.0. The molecule has 0 fully saturated rings. The van der Waals surface area contributed by atoms with Crippen LogP contribution in [0.25, 0.3) is 0 Å². The number of nitrogens with one attached hydrogen (secondary N) is 1. The summed E-state index contributed by atoms with van der Waals surface area (Å²) in [5.74, 6) is -0.986. The predicted molar refractivity (Wildman–Crippen MR) is 170 cm³/mol. The zero-order chi connectivity index (χ0) is 30.3. The van der Waals surface area contributed by atoms with Gasteiger partial charge < -0.3 is 10.2 Å². The number of nitrogens with zero attached hydrogens (tertiary/aromatic N) is 2. The molecule has 0 spiro atoms. The van der Waals surface area contributed by atoms with Crippen molar-refractivity contribution in [2.45, 2.75) is 23.9 Å². The molecule has 4 rings (SSSR count). The minimum Gasteiger partial charge on any atom is -0.357 e. The zero-order valence-electron chi connectivity index (χ0n) is 22.6. The first-order valence-corrected chi connectivity index (χ1v) is 15.9. The molecule has 4 aromatic carbocycles. The number of anilines is 1. The van der Waals surface area contributed by atoms with Gasteiger partial charge in [-0.1, -0.05) is 106 Å². The molecule has 0 heterocycles. The van der Waals surface area contributed by atoms with Gasteiger partial charge in [0.2, 0.25) is 11.8 Å². The summed E-state index contributed by atoms with van der Waals surface area (Å²) >= 11 is 16.2. The van der Waals surface area contributed by atoms with Crippen LogP contribution in [0.2, 0.25) is 10.0 Å². The van der Waals surface area contributed by atoms with Crippen molar-refractivity contribution >= 4 is 66.7 Å². The lowest BCUT2D eigenvalue weighted by Gasteiger charge is -2.33. The quantitative estimate of drug-likeness (QED) is 0.199. The fourth-order valence-electron chi connectivity index (χ4n) is 4.43. The van der Waals surface area contributed by atoms with Gasteiger partial charge >= 0.3 is 0 Å². The van der Waals surface area contributed by atoms with Crippen LogP contribution in [0.3, 0.4) is 0 Å². The highest BCUT2D eigenvalue weighted by molar-refractivity contribution is 9.10. The van der Waals surface area contributed by atoms with Gasteiger partial charge in [-0.2, -0.15) is 0 Å². The first-order valence-electron chi connectivity index (χ1n) is 12.9. The van der Waals surface area contributed by atoms with Crippen molar-refractivity contribution in [3.63, 3.8) is 0 Å². The maximum Gasteiger partial charge on any atom is 0.264 e. The number of hydrogen-bond donors (Lipinski definition) is 1. The van der Waals surface area contributed by atoms with Gasteiger partial charge in [-0.3, -0.25) is 13.9 Å². The molecule has 0 radical (unpaired) electrons. The second kappa shape index (κ2) is 14.2. The number of amides is 2. The summed E-state index contributed by atoms with van der Waals surface area (Å²) in [5.41, 5.74) is 1.64. The molecule has 0 aliphatic rings. The minimum atomic E-state index is -4.27. The molecule has 0 bridgehead atoms. The second-order valence-corrected chi connectivity index (χ2v) is 12.9. The average Bonchev–Trinajstić information content (AvgIpc) is 3.00. The average molecular weight is 689 g/mol. The highest BCUT2D eigenvalue weighted by atomic mass is 79.9. The van der Waals surface area contributed by atoms with Crippen molar-refractivity contribution in [2.75, 3.05) is 17.9 Å². The maximum atomic E-state index is 14.3. The molecule has 0 aliphatic carbocycles. The van der Waals surface area contributed by atoms with E-state index < -0.39 is 28.5 Å². The maximum absolute atomic E-state index is 14.3. The van der Waals surface area contributed by atoms with Gasteiger partial charge in [-0.05, 0) is 47.5 Å². The molecule has 1 atom stereocenters. The third kappa shape index (κ3) is 7.52. The molecule has 0 saturated heterocycles. The summed E-state index contributed by atoms with van der Waals surface area (Å²) in [6.07, 6.45) is 0.214. The highest BCUT2D eigenvalue weighted by Crippen LogP contribution is 2.35. The van der Waals surface area contributed by atoms with Gasteiger partial charge in [0.1, 0.15) is 12.6 Å². The highest BCUT2D eigenvalue weighted by Gasteiger charge is 2.35. The van der Waals surface area contributed by atoms with Crippen LogP contribution in [0.1, 0.15) is 11.1 Å². The summed E-state index contributed by atoms with van der Waals surface area (Å²) in [6, 6.07) is 28.0. The van der Waals surface area contributed by atoms with Crippen molar-refractivity contribution in [2.24, 2.45) is 0 Å². The molecule has 4 aromatic rings. The monoisotopic (exact) mass is 687 g/mol. The molecule has 1 N–H and O–H groups in total. The number of benzene rings is 4. The van der Waals surface area contributed by atoms with Crippen LogP contribution in [0.15, 0.2) is 112 Å². The van der Waals surface area contributed by atoms with Crippen molar-refractivity contribution in [1.29, 1.82) is 0 Å². The minimum absolute atomic E-state index is 0.0157. The van der Waals surface area contributed by atoms with Crippen LogP contribution in [0.5, 0.6) is 0 Å². The zero-order valence-corrected chi connectivity index (χ0v) is 26.5. The van der Waals surface area contributed by atoms with Crippen molar-refractivity contribution in [3.05, 3.63) is 129 Å². The van der Waals surface area contributed by atoms with E-state index in [1.807, 2.05) is 54.6 Å². The van der Waals surface area contributed by atoms with Crippen LogP contribution >= 0.6 is 39.1 Å². The topological polar surface area (TPSA) is 86.8 Å².